The van der Waals surface area contributed by atoms with E-state index in [4.69, 9.17) is 14.2 Å². The van der Waals surface area contributed by atoms with Crippen molar-refractivity contribution in [3.8, 4) is 11.5 Å². The fraction of sp³-hybridized carbons (Fsp3) is 0.211. The highest BCUT2D eigenvalue weighted by Gasteiger charge is 2.41. The van der Waals surface area contributed by atoms with Gasteiger partial charge in [-0.05, 0) is 23.9 Å². The Hall–Kier alpha value is -3.20. The van der Waals surface area contributed by atoms with Crippen molar-refractivity contribution < 1.29 is 28.6 Å². The molecule has 0 spiro atoms. The number of esters is 1. The standard InChI is InChI=1S/C19H18N2O6S/c1-25-14-9-12(18(23)27-3)13(10-15(14)26-2)20-16-17(22)21(19(24)28-16)11-7-5-4-6-8-11/h4-10,16,20H,1-3H3. The molecule has 2 amide bonds. The van der Waals surface area contributed by atoms with Crippen LogP contribution in [0.3, 0.4) is 0 Å². The largest absolute Gasteiger partial charge is 0.493 e. The predicted octanol–water partition coefficient (Wildman–Crippen LogP) is 3.13. The number of anilines is 2. The quantitative estimate of drug-likeness (QED) is 0.737. The van der Waals surface area contributed by atoms with Crippen molar-refractivity contribution in [1.82, 2.24) is 0 Å². The molecule has 1 aliphatic rings. The smallest absolute Gasteiger partial charge is 0.340 e. The van der Waals surface area contributed by atoms with E-state index in [0.717, 1.165) is 16.7 Å². The number of para-hydroxylation sites is 1. The lowest BCUT2D eigenvalue weighted by atomic mass is 10.1. The molecule has 1 fully saturated rings. The lowest BCUT2D eigenvalue weighted by molar-refractivity contribution is -0.116. The number of methoxy groups -OCH3 is 3. The number of carbonyl (C=O) groups is 3. The molecule has 146 valence electrons. The summed E-state index contributed by atoms with van der Waals surface area (Å²) in [5.74, 6) is -0.364. The van der Waals surface area contributed by atoms with Gasteiger partial charge in [0.2, 0.25) is 0 Å². The van der Waals surface area contributed by atoms with E-state index >= 15 is 0 Å². The van der Waals surface area contributed by atoms with Crippen LogP contribution in [0.15, 0.2) is 42.5 Å². The van der Waals surface area contributed by atoms with Crippen LogP contribution in [0.2, 0.25) is 0 Å². The maximum Gasteiger partial charge on any atom is 0.340 e. The maximum atomic E-state index is 12.8. The molecule has 8 nitrogen and oxygen atoms in total. The number of benzene rings is 2. The molecule has 0 saturated carbocycles. The van der Waals surface area contributed by atoms with Crippen LogP contribution in [-0.4, -0.2) is 43.8 Å². The first-order valence-corrected chi connectivity index (χ1v) is 9.08. The summed E-state index contributed by atoms with van der Waals surface area (Å²) in [6.07, 6.45) is 0. The third-order valence-electron chi connectivity index (χ3n) is 4.08. The molecule has 0 bridgehead atoms. The molecule has 0 radical (unpaired) electrons. The molecule has 0 aromatic heterocycles. The number of hydrogen-bond acceptors (Lipinski definition) is 8. The first kappa shape index (κ1) is 19.6. The van der Waals surface area contributed by atoms with Crippen LogP contribution in [0.4, 0.5) is 16.2 Å². The van der Waals surface area contributed by atoms with Crippen molar-refractivity contribution in [2.75, 3.05) is 31.5 Å². The van der Waals surface area contributed by atoms with Gasteiger partial charge in [-0.15, -0.1) is 0 Å². The molecule has 2 aromatic carbocycles. The Morgan fingerprint density at radius 1 is 1.04 bits per heavy atom. The number of rotatable bonds is 6. The summed E-state index contributed by atoms with van der Waals surface area (Å²) in [5, 5.41) is 1.63. The second-order valence-electron chi connectivity index (χ2n) is 5.66. The van der Waals surface area contributed by atoms with Crippen LogP contribution >= 0.6 is 11.8 Å². The number of thioether (sulfide) groups is 1. The molecule has 2 aromatic rings. The summed E-state index contributed by atoms with van der Waals surface area (Å²) in [6, 6.07) is 11.6. The number of imide groups is 1. The van der Waals surface area contributed by atoms with Crippen molar-refractivity contribution in [2.24, 2.45) is 0 Å². The Kier molecular flexibility index (Phi) is 5.74. The van der Waals surface area contributed by atoms with E-state index in [2.05, 4.69) is 5.32 Å². The van der Waals surface area contributed by atoms with Gasteiger partial charge in [0.05, 0.1) is 38.3 Å². The molecule has 0 aliphatic carbocycles. The lowest BCUT2D eigenvalue weighted by Crippen LogP contribution is -2.34. The first-order valence-electron chi connectivity index (χ1n) is 8.20. The number of nitrogens with zero attached hydrogens (tertiary/aromatic N) is 1. The molecule has 1 atom stereocenters. The monoisotopic (exact) mass is 402 g/mol. The van der Waals surface area contributed by atoms with Crippen LogP contribution in [0.5, 0.6) is 11.5 Å². The summed E-state index contributed by atoms with van der Waals surface area (Å²) in [7, 11) is 4.15. The van der Waals surface area contributed by atoms with E-state index in [1.165, 1.54) is 33.5 Å². The van der Waals surface area contributed by atoms with Crippen LogP contribution in [-0.2, 0) is 9.53 Å². The van der Waals surface area contributed by atoms with E-state index in [9.17, 15) is 14.4 Å². The average Bonchev–Trinajstić information content (AvgIpc) is 3.00. The highest BCUT2D eigenvalue weighted by molar-refractivity contribution is 8.16. The van der Waals surface area contributed by atoms with E-state index in [1.807, 2.05) is 0 Å². The first-order chi connectivity index (χ1) is 13.5. The van der Waals surface area contributed by atoms with Crippen molar-refractivity contribution in [3.05, 3.63) is 48.0 Å². The Bertz CT molecular complexity index is 918. The molecular formula is C19H18N2O6S. The van der Waals surface area contributed by atoms with Crippen LogP contribution < -0.4 is 19.7 Å². The topological polar surface area (TPSA) is 94.2 Å². The zero-order valence-corrected chi connectivity index (χ0v) is 16.2. The molecular weight excluding hydrogens is 384 g/mol. The van der Waals surface area contributed by atoms with Crippen molar-refractivity contribution in [2.45, 2.75) is 5.37 Å². The molecule has 1 saturated heterocycles. The summed E-state index contributed by atoms with van der Waals surface area (Å²) < 4.78 is 15.3. The van der Waals surface area contributed by atoms with Crippen molar-refractivity contribution in [3.63, 3.8) is 0 Å². The summed E-state index contributed by atoms with van der Waals surface area (Å²) in [5.41, 5.74) is 0.923. The molecule has 1 unspecified atom stereocenters. The van der Waals surface area contributed by atoms with Crippen LogP contribution in [0, 0.1) is 0 Å². The molecule has 3 rings (SSSR count). The van der Waals surface area contributed by atoms with Crippen LogP contribution in [0.25, 0.3) is 0 Å². The second-order valence-corrected chi connectivity index (χ2v) is 6.72. The van der Waals surface area contributed by atoms with E-state index in [0.29, 0.717) is 17.2 Å². The van der Waals surface area contributed by atoms with Gasteiger partial charge in [0.1, 0.15) is 0 Å². The minimum Gasteiger partial charge on any atom is -0.493 e. The van der Waals surface area contributed by atoms with Gasteiger partial charge < -0.3 is 19.5 Å². The van der Waals surface area contributed by atoms with E-state index in [-0.39, 0.29) is 11.3 Å². The second kappa shape index (κ2) is 8.22. The maximum absolute atomic E-state index is 12.8. The lowest BCUT2D eigenvalue weighted by Gasteiger charge is -2.18. The normalized spacial score (nSPS) is 16.1. The van der Waals surface area contributed by atoms with Gasteiger partial charge in [-0.25, -0.2) is 9.69 Å². The van der Waals surface area contributed by atoms with Gasteiger partial charge in [-0.3, -0.25) is 9.59 Å². The molecule has 1 heterocycles. The van der Waals surface area contributed by atoms with Crippen molar-refractivity contribution in [1.29, 1.82) is 0 Å². The predicted molar refractivity (Wildman–Crippen MR) is 105 cm³/mol. The molecule has 28 heavy (non-hydrogen) atoms. The summed E-state index contributed by atoms with van der Waals surface area (Å²) >= 11 is 0.825. The minimum absolute atomic E-state index is 0.152. The summed E-state index contributed by atoms with van der Waals surface area (Å²) in [6.45, 7) is 0. The zero-order valence-electron chi connectivity index (χ0n) is 15.4. The fourth-order valence-corrected chi connectivity index (χ4v) is 3.63. The van der Waals surface area contributed by atoms with Gasteiger partial charge in [0.15, 0.2) is 16.9 Å². The average molecular weight is 402 g/mol. The van der Waals surface area contributed by atoms with E-state index < -0.39 is 22.5 Å². The Balaban J connectivity index is 1.94. The Morgan fingerprint density at radius 3 is 2.29 bits per heavy atom. The highest BCUT2D eigenvalue weighted by atomic mass is 32.2. The molecule has 1 aliphatic heterocycles. The van der Waals surface area contributed by atoms with Gasteiger partial charge >= 0.3 is 5.97 Å². The van der Waals surface area contributed by atoms with Gasteiger partial charge in [0.25, 0.3) is 11.1 Å². The van der Waals surface area contributed by atoms with E-state index in [1.54, 1.807) is 30.3 Å². The molecule has 1 N–H and O–H groups in total. The third-order valence-corrected chi connectivity index (χ3v) is 5.02. The van der Waals surface area contributed by atoms with Gasteiger partial charge in [-0.1, -0.05) is 18.2 Å². The van der Waals surface area contributed by atoms with Gasteiger partial charge in [-0.2, -0.15) is 0 Å². The number of ether oxygens (including phenoxy) is 3. The third kappa shape index (κ3) is 3.61. The minimum atomic E-state index is -0.908. The SMILES string of the molecule is COC(=O)c1cc(OC)c(OC)cc1NC1SC(=O)N(c2ccccc2)C1=O. The number of nitrogens with one attached hydrogen (secondary N) is 1. The number of hydrogen-bond donors (Lipinski definition) is 1. The number of carbonyl (C=O) groups excluding carboxylic acids is 3. The van der Waals surface area contributed by atoms with Gasteiger partial charge in [0, 0.05) is 12.1 Å². The summed E-state index contributed by atoms with van der Waals surface area (Å²) in [4.78, 5) is 38.5. The fourth-order valence-electron chi connectivity index (χ4n) is 2.73. The van der Waals surface area contributed by atoms with Crippen molar-refractivity contribution >= 4 is 40.3 Å². The Labute approximate surface area is 165 Å². The van der Waals surface area contributed by atoms with Crippen LogP contribution in [0.1, 0.15) is 10.4 Å². The Morgan fingerprint density at radius 2 is 1.68 bits per heavy atom. The molecule has 9 heteroatoms. The number of amides is 2. The zero-order chi connectivity index (χ0) is 20.3. The highest BCUT2D eigenvalue weighted by Crippen LogP contribution is 2.37.